The molecule has 4 rings (SSSR count). The number of rotatable bonds is 12. The molecule has 1 aliphatic heterocycles. The topological polar surface area (TPSA) is 167 Å². The Balaban J connectivity index is 1.30. The van der Waals surface area contributed by atoms with Gasteiger partial charge in [0.1, 0.15) is 22.1 Å². The van der Waals surface area contributed by atoms with Gasteiger partial charge in [0.05, 0.1) is 32.3 Å². The Morgan fingerprint density at radius 2 is 1.62 bits per heavy atom. The molecule has 0 amide bonds. The first-order chi connectivity index (χ1) is 19.9. The van der Waals surface area contributed by atoms with Crippen molar-refractivity contribution in [2.75, 3.05) is 54.5 Å². The predicted octanol–water partition coefficient (Wildman–Crippen LogP) is 2.87. The summed E-state index contributed by atoms with van der Waals surface area (Å²) in [6, 6.07) is 16.2. The van der Waals surface area contributed by atoms with Crippen LogP contribution in [0.3, 0.4) is 0 Å². The number of aliphatic hydroxyl groups is 1. The predicted molar refractivity (Wildman–Crippen MR) is 162 cm³/mol. The van der Waals surface area contributed by atoms with E-state index >= 15 is 0 Å². The molecular weight excluding hydrogens is 584 g/mol. The number of hydrogen-bond acceptors (Lipinski definition) is 10. The fourth-order valence-electron chi connectivity index (χ4n) is 4.72. The zero-order valence-corrected chi connectivity index (χ0v) is 25.2. The van der Waals surface area contributed by atoms with E-state index in [1.165, 1.54) is 32.4 Å². The van der Waals surface area contributed by atoms with Crippen molar-refractivity contribution in [1.82, 2.24) is 5.32 Å². The number of hydrogen-bond donors (Lipinski definition) is 5. The van der Waals surface area contributed by atoms with Crippen molar-refractivity contribution in [2.45, 2.75) is 29.9 Å². The van der Waals surface area contributed by atoms with Crippen LogP contribution in [0.4, 0.5) is 17.1 Å². The highest BCUT2D eigenvalue weighted by Gasteiger charge is 2.23. The van der Waals surface area contributed by atoms with E-state index in [4.69, 9.17) is 9.47 Å². The second-order valence-corrected chi connectivity index (χ2v) is 13.4. The number of benzene rings is 3. The Morgan fingerprint density at radius 3 is 2.24 bits per heavy atom. The summed E-state index contributed by atoms with van der Waals surface area (Å²) in [5, 5.41) is 23.9. The SMILES string of the molecule is COc1ccc(OC)c(S(=O)(=O)Nc2ccc(N3CCC(NC[C@@H](O)c4ccc(O)c(NS(C)(=O)=O)c4)CC3)cc2)c1. The molecule has 14 heteroatoms. The smallest absolute Gasteiger partial charge is 0.265 e. The fraction of sp³-hybridized carbons (Fsp3) is 0.357. The summed E-state index contributed by atoms with van der Waals surface area (Å²) in [5.41, 5.74) is 1.87. The van der Waals surface area contributed by atoms with Crippen LogP contribution in [0.15, 0.2) is 65.6 Å². The normalized spacial score (nSPS) is 15.2. The standard InChI is InChI=1S/C28H36N4O8S2/c1-39-23-9-11-27(40-2)28(17-23)42(37,38)30-21-5-7-22(8-6-21)32-14-12-20(13-15-32)29-18-26(34)19-4-10-25(33)24(16-19)31-41(3,35)36/h4-11,16-17,20,26,29-31,33-34H,12-15,18H2,1-3H3/t26-/m1/s1. The average Bonchev–Trinajstić information content (AvgIpc) is 2.96. The number of aliphatic hydroxyl groups excluding tert-OH is 1. The lowest BCUT2D eigenvalue weighted by Gasteiger charge is -2.34. The number of nitrogens with zero attached hydrogens (tertiary/aromatic N) is 1. The second-order valence-electron chi connectivity index (χ2n) is 10.0. The zero-order chi connectivity index (χ0) is 30.5. The molecule has 0 radical (unpaired) electrons. The molecule has 1 atom stereocenters. The van der Waals surface area contributed by atoms with E-state index in [0.717, 1.165) is 37.9 Å². The number of methoxy groups -OCH3 is 2. The van der Waals surface area contributed by atoms with Crippen LogP contribution in [0.25, 0.3) is 0 Å². The molecule has 0 saturated carbocycles. The van der Waals surface area contributed by atoms with Gasteiger partial charge in [-0.3, -0.25) is 9.44 Å². The van der Waals surface area contributed by atoms with Gasteiger partial charge in [-0.2, -0.15) is 0 Å². The molecule has 3 aromatic rings. The Labute approximate surface area is 246 Å². The third-order valence-electron chi connectivity index (χ3n) is 6.94. The lowest BCUT2D eigenvalue weighted by Crippen LogP contribution is -2.43. The summed E-state index contributed by atoms with van der Waals surface area (Å²) < 4.78 is 64.3. The summed E-state index contributed by atoms with van der Waals surface area (Å²) in [6.45, 7) is 1.80. The quantitative estimate of drug-likeness (QED) is 0.190. The summed E-state index contributed by atoms with van der Waals surface area (Å²) in [7, 11) is -4.63. The first-order valence-corrected chi connectivity index (χ1v) is 16.6. The molecular formula is C28H36N4O8S2. The number of ether oxygens (including phenoxy) is 2. The van der Waals surface area contributed by atoms with Crippen molar-refractivity contribution in [3.63, 3.8) is 0 Å². The summed E-state index contributed by atoms with van der Waals surface area (Å²) in [5.74, 6) is 0.384. The van der Waals surface area contributed by atoms with E-state index in [1.807, 2.05) is 12.1 Å². The van der Waals surface area contributed by atoms with E-state index in [1.54, 1.807) is 30.3 Å². The van der Waals surface area contributed by atoms with Gasteiger partial charge in [0, 0.05) is 43.1 Å². The first-order valence-electron chi connectivity index (χ1n) is 13.2. The van der Waals surface area contributed by atoms with Gasteiger partial charge in [0.15, 0.2) is 0 Å². The number of sulfonamides is 2. The number of phenolic OH excluding ortho intramolecular Hbond substituents is 1. The fourth-order valence-corrected chi connectivity index (χ4v) is 6.53. The van der Waals surface area contributed by atoms with Crippen LogP contribution in [0.2, 0.25) is 0 Å². The lowest BCUT2D eigenvalue weighted by atomic mass is 10.0. The average molecular weight is 621 g/mol. The molecule has 1 heterocycles. The molecule has 42 heavy (non-hydrogen) atoms. The monoisotopic (exact) mass is 620 g/mol. The Hall–Kier alpha value is -3.72. The molecule has 228 valence electrons. The molecule has 0 spiro atoms. The van der Waals surface area contributed by atoms with Gasteiger partial charge in [-0.05, 0) is 66.9 Å². The molecule has 1 aliphatic rings. The minimum absolute atomic E-state index is 0.0150. The molecule has 0 unspecified atom stereocenters. The first kappa shape index (κ1) is 31.2. The summed E-state index contributed by atoms with van der Waals surface area (Å²) >= 11 is 0. The number of aromatic hydroxyl groups is 1. The maximum atomic E-state index is 13.0. The van der Waals surface area contributed by atoms with Crippen LogP contribution >= 0.6 is 0 Å². The molecule has 3 aromatic carbocycles. The second kappa shape index (κ2) is 13.1. The highest BCUT2D eigenvalue weighted by atomic mass is 32.2. The van der Waals surface area contributed by atoms with Gasteiger partial charge < -0.3 is 29.9 Å². The van der Waals surface area contributed by atoms with Crippen LogP contribution in [0, 0.1) is 0 Å². The van der Waals surface area contributed by atoms with Gasteiger partial charge in [-0.15, -0.1) is 0 Å². The summed E-state index contributed by atoms with van der Waals surface area (Å²) in [6.07, 6.45) is 1.75. The van der Waals surface area contributed by atoms with Crippen LogP contribution in [-0.2, 0) is 20.0 Å². The minimum atomic E-state index is -3.92. The molecule has 1 saturated heterocycles. The Morgan fingerprint density at radius 1 is 0.929 bits per heavy atom. The van der Waals surface area contributed by atoms with E-state index in [0.29, 0.717) is 17.0 Å². The number of piperidine rings is 1. The number of nitrogens with one attached hydrogen (secondary N) is 3. The van der Waals surface area contributed by atoms with Crippen LogP contribution in [-0.4, -0.2) is 73.2 Å². The molecule has 1 fully saturated rings. The Kier molecular flexibility index (Phi) is 9.71. The molecule has 0 aliphatic carbocycles. The highest BCUT2D eigenvalue weighted by molar-refractivity contribution is 7.93. The van der Waals surface area contributed by atoms with Gasteiger partial charge in [-0.25, -0.2) is 16.8 Å². The van der Waals surface area contributed by atoms with Gasteiger partial charge >= 0.3 is 0 Å². The van der Waals surface area contributed by atoms with Crippen molar-refractivity contribution in [3.8, 4) is 17.2 Å². The zero-order valence-electron chi connectivity index (χ0n) is 23.6. The number of phenols is 1. The van der Waals surface area contributed by atoms with E-state index in [9.17, 15) is 27.0 Å². The molecule has 0 aromatic heterocycles. The van der Waals surface area contributed by atoms with Crippen LogP contribution in [0.1, 0.15) is 24.5 Å². The van der Waals surface area contributed by atoms with Gasteiger partial charge in [-0.1, -0.05) is 6.07 Å². The largest absolute Gasteiger partial charge is 0.506 e. The van der Waals surface area contributed by atoms with E-state index < -0.39 is 26.2 Å². The van der Waals surface area contributed by atoms with Crippen molar-refractivity contribution < 1.29 is 36.5 Å². The number of anilines is 3. The van der Waals surface area contributed by atoms with Crippen molar-refractivity contribution in [1.29, 1.82) is 0 Å². The van der Waals surface area contributed by atoms with Crippen molar-refractivity contribution >= 4 is 37.1 Å². The lowest BCUT2D eigenvalue weighted by molar-refractivity contribution is 0.167. The maximum absolute atomic E-state index is 13.0. The van der Waals surface area contributed by atoms with Crippen LogP contribution in [0.5, 0.6) is 17.2 Å². The maximum Gasteiger partial charge on any atom is 0.265 e. The molecule has 0 bridgehead atoms. The van der Waals surface area contributed by atoms with Crippen LogP contribution < -0.4 is 29.1 Å². The van der Waals surface area contributed by atoms with E-state index in [-0.39, 0.29) is 34.7 Å². The highest BCUT2D eigenvalue weighted by Crippen LogP contribution is 2.31. The van der Waals surface area contributed by atoms with Gasteiger partial charge in [0.25, 0.3) is 10.0 Å². The minimum Gasteiger partial charge on any atom is -0.506 e. The summed E-state index contributed by atoms with van der Waals surface area (Å²) in [4.78, 5) is 2.19. The van der Waals surface area contributed by atoms with Gasteiger partial charge in [0.2, 0.25) is 10.0 Å². The van der Waals surface area contributed by atoms with Crippen molar-refractivity contribution in [3.05, 3.63) is 66.2 Å². The van der Waals surface area contributed by atoms with E-state index in [2.05, 4.69) is 19.7 Å². The third-order valence-corrected chi connectivity index (χ3v) is 8.93. The van der Waals surface area contributed by atoms with Crippen molar-refractivity contribution in [2.24, 2.45) is 0 Å². The molecule has 12 nitrogen and oxygen atoms in total. The molecule has 5 N–H and O–H groups in total. The Bertz CT molecular complexity index is 1590. The third kappa shape index (κ3) is 7.97.